The van der Waals surface area contributed by atoms with Crippen LogP contribution in [0.5, 0.6) is 5.75 Å². The molecule has 134 valence electrons. The largest absolute Gasteiger partial charge is 0.507 e. The van der Waals surface area contributed by atoms with Crippen LogP contribution in [-0.2, 0) is 6.54 Å². The number of halogens is 1. The molecule has 0 bridgehead atoms. The van der Waals surface area contributed by atoms with Crippen LogP contribution in [0.4, 0.5) is 0 Å². The highest BCUT2D eigenvalue weighted by Crippen LogP contribution is 2.29. The molecule has 2 aromatic carbocycles. The van der Waals surface area contributed by atoms with Crippen LogP contribution in [0.2, 0.25) is 0 Å². The van der Waals surface area contributed by atoms with E-state index < -0.39 is 0 Å². The first-order valence-corrected chi connectivity index (χ1v) is 9.35. The summed E-state index contributed by atoms with van der Waals surface area (Å²) < 4.78 is 1.15. The van der Waals surface area contributed by atoms with Crippen molar-refractivity contribution in [3.63, 3.8) is 0 Å². The third-order valence-corrected chi connectivity index (χ3v) is 4.95. The maximum Gasteiger partial charge on any atom is 0.253 e. The number of para-hydroxylation sites is 1. The number of phenolic OH excluding ortho intramolecular Hbond substituents is 1. The Morgan fingerprint density at radius 1 is 1.11 bits per heavy atom. The van der Waals surface area contributed by atoms with Crippen molar-refractivity contribution in [3.05, 3.63) is 75.5 Å². The van der Waals surface area contributed by atoms with Gasteiger partial charge in [0.2, 0.25) is 0 Å². The lowest BCUT2D eigenvalue weighted by Gasteiger charge is -2.06. The first-order valence-electron chi connectivity index (χ1n) is 8.27. The van der Waals surface area contributed by atoms with E-state index in [1.54, 1.807) is 30.5 Å². The topological polar surface area (TPSA) is 90.9 Å². The number of hydrogen-bond acceptors (Lipinski definition) is 4. The Morgan fingerprint density at radius 2 is 1.89 bits per heavy atom. The molecule has 0 saturated heterocycles. The summed E-state index contributed by atoms with van der Waals surface area (Å²) in [5, 5.41) is 21.9. The number of phenols is 1. The molecular formula is C20H15IN4O2. The highest BCUT2D eigenvalue weighted by Gasteiger charge is 2.15. The van der Waals surface area contributed by atoms with Crippen molar-refractivity contribution in [3.8, 4) is 17.0 Å². The number of rotatable bonds is 4. The second-order valence-corrected chi connectivity index (χ2v) is 7.27. The van der Waals surface area contributed by atoms with Crippen molar-refractivity contribution < 1.29 is 9.90 Å². The molecule has 0 saturated carbocycles. The van der Waals surface area contributed by atoms with Gasteiger partial charge in [0.1, 0.15) is 5.75 Å². The number of carbonyl (C=O) groups is 1. The molecular weight excluding hydrogens is 455 g/mol. The van der Waals surface area contributed by atoms with Crippen LogP contribution < -0.4 is 5.32 Å². The van der Waals surface area contributed by atoms with Crippen molar-refractivity contribution >= 4 is 39.5 Å². The predicted molar refractivity (Wildman–Crippen MR) is 111 cm³/mol. The summed E-state index contributed by atoms with van der Waals surface area (Å²) in [7, 11) is 0. The minimum atomic E-state index is -0.198. The Kier molecular flexibility index (Phi) is 4.76. The van der Waals surface area contributed by atoms with Crippen molar-refractivity contribution in [2.75, 3.05) is 0 Å². The first kappa shape index (κ1) is 17.5. The minimum absolute atomic E-state index is 0.117. The lowest BCUT2D eigenvalue weighted by atomic mass is 10.1. The summed E-state index contributed by atoms with van der Waals surface area (Å²) in [5.74, 6) is -0.0811. The molecule has 4 aromatic rings. The fourth-order valence-electron chi connectivity index (χ4n) is 2.81. The molecule has 0 aliphatic heterocycles. The third kappa shape index (κ3) is 3.63. The van der Waals surface area contributed by atoms with E-state index >= 15 is 0 Å². The lowest BCUT2D eigenvalue weighted by Crippen LogP contribution is -2.22. The first-order chi connectivity index (χ1) is 13.1. The molecule has 1 amide bonds. The average molecular weight is 470 g/mol. The molecule has 0 atom stereocenters. The molecule has 3 N–H and O–H groups in total. The summed E-state index contributed by atoms with van der Waals surface area (Å²) in [5.41, 5.74) is 3.11. The van der Waals surface area contributed by atoms with Crippen LogP contribution in [0, 0.1) is 3.57 Å². The predicted octanol–water partition coefficient (Wildman–Crippen LogP) is 3.87. The summed E-state index contributed by atoms with van der Waals surface area (Å²) in [6.45, 7) is 0.438. The number of benzene rings is 2. The molecule has 2 aromatic heterocycles. The van der Waals surface area contributed by atoms with Gasteiger partial charge in [-0.3, -0.25) is 4.79 Å². The zero-order valence-corrected chi connectivity index (χ0v) is 16.3. The van der Waals surface area contributed by atoms with Crippen molar-refractivity contribution in [2.45, 2.75) is 6.54 Å². The van der Waals surface area contributed by atoms with Gasteiger partial charge in [-0.1, -0.05) is 24.3 Å². The third-order valence-electron chi connectivity index (χ3n) is 4.23. The Balaban J connectivity index is 1.61. The molecule has 6 nitrogen and oxygen atoms in total. The average Bonchev–Trinajstić information content (AvgIpc) is 3.11. The Hall–Kier alpha value is -2.94. The van der Waals surface area contributed by atoms with Gasteiger partial charge in [-0.25, -0.2) is 0 Å². The molecule has 0 radical (unpaired) electrons. The number of carbonyl (C=O) groups excluding carboxylic acids is 1. The quantitative estimate of drug-likeness (QED) is 0.395. The molecule has 4 rings (SSSR count). The number of aromatic hydroxyl groups is 1. The van der Waals surface area contributed by atoms with E-state index in [2.05, 4.69) is 43.1 Å². The lowest BCUT2D eigenvalue weighted by molar-refractivity contribution is 0.0952. The van der Waals surface area contributed by atoms with E-state index in [0.29, 0.717) is 34.4 Å². The second kappa shape index (κ2) is 7.36. The maximum absolute atomic E-state index is 12.6. The van der Waals surface area contributed by atoms with Crippen molar-refractivity contribution in [1.82, 2.24) is 20.5 Å². The van der Waals surface area contributed by atoms with Crippen LogP contribution in [0.25, 0.3) is 22.3 Å². The number of hydrogen-bond donors (Lipinski definition) is 3. The van der Waals surface area contributed by atoms with Gasteiger partial charge in [0, 0.05) is 27.3 Å². The standard InChI is InChI=1S/C20H15IN4O2/c21-13-7-5-12(6-8-13)10-23-20(27)16-11-22-19-15(16)9-17(24-25-19)14-3-1-2-4-18(14)26/h1-9,11,26H,10H2,(H,22,25)(H,23,27). The van der Waals surface area contributed by atoms with E-state index in [9.17, 15) is 9.90 Å². The van der Waals surface area contributed by atoms with Crippen molar-refractivity contribution in [1.29, 1.82) is 0 Å². The normalized spacial score (nSPS) is 10.9. The van der Waals surface area contributed by atoms with E-state index in [1.165, 1.54) is 0 Å². The molecule has 27 heavy (non-hydrogen) atoms. The van der Waals surface area contributed by atoms with Gasteiger partial charge in [0.15, 0.2) is 5.65 Å². The summed E-state index contributed by atoms with van der Waals surface area (Å²) in [6.07, 6.45) is 1.62. The minimum Gasteiger partial charge on any atom is -0.507 e. The van der Waals surface area contributed by atoms with Gasteiger partial charge in [-0.15, -0.1) is 10.2 Å². The van der Waals surface area contributed by atoms with Crippen LogP contribution >= 0.6 is 22.6 Å². The zero-order chi connectivity index (χ0) is 18.8. The zero-order valence-electron chi connectivity index (χ0n) is 14.1. The van der Waals surface area contributed by atoms with E-state index in [-0.39, 0.29) is 11.7 Å². The van der Waals surface area contributed by atoms with Crippen molar-refractivity contribution in [2.24, 2.45) is 0 Å². The number of nitrogens with one attached hydrogen (secondary N) is 2. The number of amides is 1. The summed E-state index contributed by atoms with van der Waals surface area (Å²) in [4.78, 5) is 15.6. The van der Waals surface area contributed by atoms with Gasteiger partial charge < -0.3 is 15.4 Å². The van der Waals surface area contributed by atoms with Gasteiger partial charge in [0.05, 0.1) is 11.3 Å². The monoisotopic (exact) mass is 470 g/mol. The second-order valence-electron chi connectivity index (χ2n) is 6.02. The Morgan fingerprint density at radius 3 is 2.67 bits per heavy atom. The Labute approximate surface area is 168 Å². The van der Waals surface area contributed by atoms with E-state index in [0.717, 1.165) is 9.13 Å². The van der Waals surface area contributed by atoms with Crippen LogP contribution in [0.3, 0.4) is 0 Å². The van der Waals surface area contributed by atoms with Gasteiger partial charge in [0.25, 0.3) is 5.91 Å². The fourth-order valence-corrected chi connectivity index (χ4v) is 3.17. The number of aromatic nitrogens is 3. The van der Waals surface area contributed by atoms with Crippen LogP contribution in [-0.4, -0.2) is 26.2 Å². The number of nitrogens with zero attached hydrogens (tertiary/aromatic N) is 2. The van der Waals surface area contributed by atoms with E-state index in [4.69, 9.17) is 0 Å². The van der Waals surface area contributed by atoms with Gasteiger partial charge in [-0.2, -0.15) is 0 Å². The molecule has 0 unspecified atom stereocenters. The summed E-state index contributed by atoms with van der Waals surface area (Å²) >= 11 is 2.24. The molecule has 2 heterocycles. The highest BCUT2D eigenvalue weighted by molar-refractivity contribution is 14.1. The van der Waals surface area contributed by atoms with Crippen LogP contribution in [0.1, 0.15) is 15.9 Å². The van der Waals surface area contributed by atoms with E-state index in [1.807, 2.05) is 30.3 Å². The molecule has 0 aliphatic rings. The van der Waals surface area contributed by atoms with Gasteiger partial charge >= 0.3 is 0 Å². The molecule has 0 aliphatic carbocycles. The summed E-state index contributed by atoms with van der Waals surface area (Å²) in [6, 6.07) is 16.6. The molecule has 0 spiro atoms. The number of fused-ring (bicyclic) bond motifs is 1. The molecule has 7 heteroatoms. The molecule has 0 fully saturated rings. The maximum atomic E-state index is 12.6. The number of aromatic amines is 1. The highest BCUT2D eigenvalue weighted by atomic mass is 127. The fraction of sp³-hybridized carbons (Fsp3) is 0.0500. The number of H-pyrrole nitrogens is 1. The smallest absolute Gasteiger partial charge is 0.253 e. The van der Waals surface area contributed by atoms with Crippen LogP contribution in [0.15, 0.2) is 60.8 Å². The van der Waals surface area contributed by atoms with Gasteiger partial charge in [-0.05, 0) is 58.5 Å². The SMILES string of the molecule is O=C(NCc1ccc(I)cc1)c1c[nH]c2nnc(-c3ccccc3O)cc12. The Bertz CT molecular complexity index is 1120.